The predicted molar refractivity (Wildman–Crippen MR) is 126 cm³/mol. The predicted octanol–water partition coefficient (Wildman–Crippen LogP) is 1.20. The average Bonchev–Trinajstić information content (AvgIpc) is 2.88. The Balaban J connectivity index is 2.10. The maximum absolute atomic E-state index is 13.6. The number of hydrogen-bond donors (Lipinski definition) is 3. The molecule has 2 aliphatic rings. The van der Waals surface area contributed by atoms with E-state index >= 15 is 0 Å². The van der Waals surface area contributed by atoms with Gasteiger partial charge in [-0.1, -0.05) is 42.5 Å². The number of pyridine rings is 1. The number of dihydropyridines is 1. The Morgan fingerprint density at radius 2 is 2.00 bits per heavy atom. The van der Waals surface area contributed by atoms with Crippen molar-refractivity contribution in [2.75, 3.05) is 19.7 Å². The summed E-state index contributed by atoms with van der Waals surface area (Å²) in [5.74, 6) is -0.936. The molecule has 172 valence electrons. The van der Waals surface area contributed by atoms with Crippen LogP contribution >= 0.6 is 11.8 Å². The number of carbonyl (C=O) groups excluding carboxylic acids is 2. The second kappa shape index (κ2) is 9.52. The number of aliphatic imine (C=N–C) groups is 1. The first-order valence-electron chi connectivity index (χ1n) is 10.7. The minimum Gasteiger partial charge on any atom is -0.389 e. The maximum atomic E-state index is 13.6. The lowest BCUT2D eigenvalue weighted by atomic mass is 9.73. The summed E-state index contributed by atoms with van der Waals surface area (Å²) in [6, 6.07) is 13.7. The summed E-state index contributed by atoms with van der Waals surface area (Å²) in [5, 5.41) is 13.2. The van der Waals surface area contributed by atoms with Crippen LogP contribution < -0.4 is 10.2 Å². The molecule has 33 heavy (non-hydrogen) atoms. The van der Waals surface area contributed by atoms with Crippen LogP contribution in [0.2, 0.25) is 0 Å². The van der Waals surface area contributed by atoms with E-state index in [1.165, 1.54) is 0 Å². The minimum absolute atomic E-state index is 0.238. The van der Waals surface area contributed by atoms with Gasteiger partial charge in [-0.3, -0.25) is 29.3 Å². The van der Waals surface area contributed by atoms with Gasteiger partial charge < -0.3 is 10.4 Å². The van der Waals surface area contributed by atoms with Crippen LogP contribution in [0.25, 0.3) is 0 Å². The summed E-state index contributed by atoms with van der Waals surface area (Å²) in [5.41, 5.74) is -0.994. The van der Waals surface area contributed by atoms with Crippen molar-refractivity contribution in [3.63, 3.8) is 0 Å². The number of nitrogens with one attached hydrogen (secondary N) is 2. The first-order chi connectivity index (χ1) is 16.0. The van der Waals surface area contributed by atoms with Gasteiger partial charge in [0, 0.05) is 37.3 Å². The number of aromatic nitrogens is 1. The lowest BCUT2D eigenvalue weighted by Gasteiger charge is -2.58. The number of benzene rings is 1. The van der Waals surface area contributed by atoms with E-state index in [0.29, 0.717) is 12.2 Å². The Bertz CT molecular complexity index is 1020. The monoisotopic (exact) mass is 467 g/mol. The van der Waals surface area contributed by atoms with Gasteiger partial charge in [-0.15, -0.1) is 0 Å². The molecule has 0 radical (unpaired) electrons. The molecule has 1 saturated heterocycles. The lowest BCUT2D eigenvalue weighted by Crippen LogP contribution is -2.77. The molecule has 8 nitrogen and oxygen atoms in total. The van der Waals surface area contributed by atoms with Crippen molar-refractivity contribution in [3.05, 3.63) is 78.1 Å². The zero-order valence-corrected chi connectivity index (χ0v) is 18.9. The van der Waals surface area contributed by atoms with Gasteiger partial charge in [0.1, 0.15) is 17.7 Å². The van der Waals surface area contributed by atoms with E-state index in [-0.39, 0.29) is 6.54 Å². The van der Waals surface area contributed by atoms with Crippen molar-refractivity contribution in [1.29, 1.82) is 0 Å². The number of halogens is 1. The second-order valence-electron chi connectivity index (χ2n) is 8.16. The normalized spacial score (nSPS) is 29.5. The van der Waals surface area contributed by atoms with Crippen LogP contribution in [0.3, 0.4) is 0 Å². The van der Waals surface area contributed by atoms with E-state index in [4.69, 9.17) is 11.8 Å². The van der Waals surface area contributed by atoms with Crippen LogP contribution in [-0.2, 0) is 15.1 Å². The van der Waals surface area contributed by atoms with Crippen LogP contribution in [0, 0.1) is 0 Å². The Morgan fingerprint density at radius 1 is 1.24 bits per heavy atom. The first kappa shape index (κ1) is 23.3. The van der Waals surface area contributed by atoms with Crippen molar-refractivity contribution in [3.8, 4) is 0 Å². The molecule has 2 aromatic rings. The molecule has 1 aromatic carbocycles. The Labute approximate surface area is 197 Å². The van der Waals surface area contributed by atoms with Crippen LogP contribution in [0.5, 0.6) is 0 Å². The van der Waals surface area contributed by atoms with E-state index in [0.717, 1.165) is 5.56 Å². The number of allylic oxidation sites excluding steroid dienone is 1. The van der Waals surface area contributed by atoms with Gasteiger partial charge in [-0.05, 0) is 30.7 Å². The molecule has 1 fully saturated rings. The second-order valence-corrected chi connectivity index (χ2v) is 8.35. The third kappa shape index (κ3) is 3.69. The number of ketones is 1. The molecule has 0 aliphatic carbocycles. The topological polar surface area (TPSA) is 107 Å². The molecule has 9 heteroatoms. The van der Waals surface area contributed by atoms with Gasteiger partial charge in [0.15, 0.2) is 5.78 Å². The quantitative estimate of drug-likeness (QED) is 0.551. The molecule has 4 rings (SSSR count). The van der Waals surface area contributed by atoms with E-state index in [1.807, 2.05) is 60.4 Å². The third-order valence-electron chi connectivity index (χ3n) is 6.54. The van der Waals surface area contributed by atoms with Gasteiger partial charge in [0.2, 0.25) is 0 Å². The van der Waals surface area contributed by atoms with Gasteiger partial charge in [-0.2, -0.15) is 0 Å². The molecule has 3 heterocycles. The SMILES string of the molecule is CC1N=CC=CC1(C(=O)NCl)N1C(C(=O)CO)CNCC1(c1ccccc1)c1ccccn1. The molecule has 0 saturated carbocycles. The molecular formula is C24H26ClN5O3. The van der Waals surface area contributed by atoms with Crippen LogP contribution in [0.1, 0.15) is 18.2 Å². The highest BCUT2D eigenvalue weighted by Crippen LogP contribution is 2.45. The Morgan fingerprint density at radius 3 is 2.64 bits per heavy atom. The summed E-state index contributed by atoms with van der Waals surface area (Å²) in [4.78, 5) is 40.0. The van der Waals surface area contributed by atoms with E-state index < -0.39 is 41.5 Å². The van der Waals surface area contributed by atoms with Crippen LogP contribution in [0.15, 0.2) is 71.9 Å². The largest absolute Gasteiger partial charge is 0.389 e. The van der Waals surface area contributed by atoms with Crippen LogP contribution in [0.4, 0.5) is 0 Å². The molecule has 0 bridgehead atoms. The summed E-state index contributed by atoms with van der Waals surface area (Å²) >= 11 is 5.93. The molecule has 3 N–H and O–H groups in total. The molecular weight excluding hydrogens is 442 g/mol. The van der Waals surface area contributed by atoms with Crippen molar-refractivity contribution in [2.45, 2.75) is 30.1 Å². The molecule has 4 unspecified atom stereocenters. The maximum Gasteiger partial charge on any atom is 0.261 e. The number of carbonyl (C=O) groups is 2. The minimum atomic E-state index is -1.43. The van der Waals surface area contributed by atoms with Gasteiger partial charge in [0.25, 0.3) is 5.91 Å². The summed E-state index contributed by atoms with van der Waals surface area (Å²) in [6.45, 7) is 1.74. The lowest BCUT2D eigenvalue weighted by molar-refractivity contribution is -0.147. The highest BCUT2D eigenvalue weighted by molar-refractivity contribution is 6.23. The van der Waals surface area contributed by atoms with Gasteiger partial charge >= 0.3 is 0 Å². The fourth-order valence-electron chi connectivity index (χ4n) is 5.05. The molecule has 1 amide bonds. The van der Waals surface area contributed by atoms with Crippen LogP contribution in [-0.4, -0.2) is 70.2 Å². The fraction of sp³-hybridized carbons (Fsp3) is 0.333. The number of aliphatic hydroxyl groups excluding tert-OH is 1. The first-order valence-corrected chi connectivity index (χ1v) is 11.1. The number of piperazine rings is 1. The number of nitrogens with zero attached hydrogens (tertiary/aromatic N) is 3. The summed E-state index contributed by atoms with van der Waals surface area (Å²) in [7, 11) is 0. The van der Waals surface area contributed by atoms with Crippen molar-refractivity contribution in [2.24, 2.45) is 4.99 Å². The summed E-state index contributed by atoms with van der Waals surface area (Å²) in [6.07, 6.45) is 6.72. The standard InChI is InChI=1S/C24H26ClN5O3/c1-17-23(22(33)29-25,11-7-13-27-17)30-19(20(32)15-31)14-26-16-24(30,18-8-3-2-4-9-18)21-10-5-6-12-28-21/h2-13,17,19,26,31H,14-16H2,1H3,(H,29,33). The smallest absolute Gasteiger partial charge is 0.261 e. The number of amides is 1. The Hall–Kier alpha value is -2.91. The molecule has 2 aliphatic heterocycles. The van der Waals surface area contributed by atoms with Gasteiger partial charge in [0.05, 0.1) is 17.8 Å². The average molecular weight is 468 g/mol. The van der Waals surface area contributed by atoms with Crippen molar-refractivity contribution < 1.29 is 14.7 Å². The van der Waals surface area contributed by atoms with Gasteiger partial charge in [-0.25, -0.2) is 0 Å². The Kier molecular flexibility index (Phi) is 6.71. The summed E-state index contributed by atoms with van der Waals surface area (Å²) < 4.78 is 0. The highest BCUT2D eigenvalue weighted by atomic mass is 35.5. The fourth-order valence-corrected chi connectivity index (χ4v) is 5.20. The third-order valence-corrected chi connectivity index (χ3v) is 6.71. The van der Waals surface area contributed by atoms with Crippen molar-refractivity contribution >= 4 is 29.7 Å². The number of rotatable bonds is 6. The van der Waals surface area contributed by atoms with Crippen molar-refractivity contribution in [1.82, 2.24) is 20.0 Å². The van der Waals surface area contributed by atoms with E-state index in [9.17, 15) is 14.7 Å². The van der Waals surface area contributed by atoms with E-state index in [1.54, 1.807) is 24.6 Å². The highest BCUT2D eigenvalue weighted by Gasteiger charge is 2.61. The molecule has 1 aromatic heterocycles. The zero-order chi connectivity index (χ0) is 23.5. The molecule has 4 atom stereocenters. The number of hydrogen-bond acceptors (Lipinski definition) is 7. The van der Waals surface area contributed by atoms with E-state index in [2.05, 4.69) is 20.1 Å². The number of aliphatic hydroxyl groups is 1. The molecule has 0 spiro atoms. The number of Topliss-reactive ketones (excluding diaryl/α,β-unsaturated/α-hetero) is 1. The zero-order valence-electron chi connectivity index (χ0n) is 18.2.